The molecule has 6 aromatic rings. The number of aromatic carboxylic acids is 1. The third kappa shape index (κ3) is 6.87. The summed E-state index contributed by atoms with van der Waals surface area (Å²) in [6.07, 6.45) is 1.17. The van der Waals surface area contributed by atoms with Crippen molar-refractivity contribution in [3.63, 3.8) is 0 Å². The van der Waals surface area contributed by atoms with Crippen LogP contribution in [0.2, 0.25) is 5.02 Å². The number of likely N-dealkylation sites (N-methyl/N-ethyl adjacent to an activating group) is 1. The maximum absolute atomic E-state index is 12.9. The van der Waals surface area contributed by atoms with E-state index in [-0.39, 0.29) is 5.69 Å². The fraction of sp³-hybridized carbons (Fsp3) is 0.359. The monoisotopic (exact) mass is 725 g/mol. The molecule has 0 saturated carbocycles. The van der Waals surface area contributed by atoms with Gasteiger partial charge in [-0.15, -0.1) is 11.8 Å². The molecule has 10 nitrogen and oxygen atoms in total. The molecule has 1 aliphatic rings. The van der Waals surface area contributed by atoms with Crippen LogP contribution >= 0.6 is 23.4 Å². The first-order valence-corrected chi connectivity index (χ1v) is 18.6. The van der Waals surface area contributed by atoms with Crippen LogP contribution in [0.15, 0.2) is 59.5 Å². The largest absolute Gasteiger partial charge is 0.493 e. The number of rotatable bonds is 4. The first-order chi connectivity index (χ1) is 24.5. The molecule has 8 bridgehead atoms. The normalized spacial score (nSPS) is 14.6. The van der Waals surface area contributed by atoms with Crippen LogP contribution in [-0.2, 0) is 45.9 Å². The van der Waals surface area contributed by atoms with Crippen LogP contribution in [0.1, 0.15) is 45.2 Å². The molecule has 0 fully saturated rings. The Hall–Kier alpha value is -4.29. The van der Waals surface area contributed by atoms with Gasteiger partial charge >= 0.3 is 5.97 Å². The number of thioether (sulfide) groups is 1. The average molecular weight is 726 g/mol. The molecule has 0 spiro atoms. The number of carboxylic acid groups (broad SMARTS) is 1. The Labute approximate surface area is 307 Å². The van der Waals surface area contributed by atoms with Crippen molar-refractivity contribution in [3.8, 4) is 16.9 Å². The third-order valence-corrected chi connectivity index (χ3v) is 11.1. The van der Waals surface area contributed by atoms with Gasteiger partial charge in [0, 0.05) is 72.0 Å². The maximum Gasteiger partial charge on any atom is 0.352 e. The highest BCUT2D eigenvalue weighted by Crippen LogP contribution is 2.42. The molecule has 51 heavy (non-hydrogen) atoms. The molecule has 0 aliphatic carbocycles. The van der Waals surface area contributed by atoms with E-state index in [1.807, 2.05) is 50.0 Å². The van der Waals surface area contributed by atoms with E-state index in [9.17, 15) is 9.90 Å². The van der Waals surface area contributed by atoms with E-state index in [0.717, 1.165) is 84.1 Å². The Morgan fingerprint density at radius 1 is 1.02 bits per heavy atom. The van der Waals surface area contributed by atoms with Crippen molar-refractivity contribution in [2.75, 3.05) is 34.3 Å². The number of halogens is 1. The van der Waals surface area contributed by atoms with Crippen molar-refractivity contribution in [2.45, 2.75) is 50.0 Å². The molecule has 7 rings (SSSR count). The molecular formula is C39H44ClN7O3S. The van der Waals surface area contributed by atoms with Crippen molar-refractivity contribution >= 4 is 51.0 Å². The van der Waals surface area contributed by atoms with Gasteiger partial charge in [0.15, 0.2) is 0 Å². The van der Waals surface area contributed by atoms with E-state index >= 15 is 0 Å². The van der Waals surface area contributed by atoms with Crippen LogP contribution in [0.25, 0.3) is 32.8 Å². The fourth-order valence-electron chi connectivity index (χ4n) is 7.37. The van der Waals surface area contributed by atoms with Gasteiger partial charge in [0.25, 0.3) is 0 Å². The molecule has 0 amide bonds. The van der Waals surface area contributed by atoms with E-state index in [1.54, 1.807) is 16.3 Å². The molecule has 0 saturated heterocycles. The summed E-state index contributed by atoms with van der Waals surface area (Å²) in [5, 5.41) is 24.1. The Morgan fingerprint density at radius 3 is 2.61 bits per heavy atom. The summed E-state index contributed by atoms with van der Waals surface area (Å²) in [7, 11) is 10.1. The first kappa shape index (κ1) is 35.1. The number of carbonyl (C=O) groups is 1. The predicted octanol–water partition coefficient (Wildman–Crippen LogP) is 7.40. The molecule has 1 aliphatic heterocycles. The van der Waals surface area contributed by atoms with Gasteiger partial charge in [-0.05, 0) is 76.1 Å². The number of ether oxygens (including phenoxy) is 1. The number of nitrogens with zero attached hydrogens (tertiary/aromatic N) is 7. The number of benzene rings is 3. The van der Waals surface area contributed by atoms with Crippen molar-refractivity contribution in [1.29, 1.82) is 0 Å². The van der Waals surface area contributed by atoms with E-state index in [2.05, 4.69) is 66.0 Å². The first-order valence-electron chi connectivity index (χ1n) is 17.2. The minimum atomic E-state index is -0.968. The minimum absolute atomic E-state index is 0.266. The third-order valence-electron chi connectivity index (χ3n) is 9.74. The van der Waals surface area contributed by atoms with Gasteiger partial charge in [0.2, 0.25) is 0 Å². The van der Waals surface area contributed by atoms with Gasteiger partial charge in [-0.3, -0.25) is 14.3 Å². The highest BCUT2D eigenvalue weighted by atomic mass is 35.5. The molecule has 4 heterocycles. The number of aromatic nitrogens is 5. The van der Waals surface area contributed by atoms with Crippen molar-refractivity contribution < 1.29 is 14.6 Å². The zero-order chi connectivity index (χ0) is 36.0. The maximum atomic E-state index is 12.9. The summed E-state index contributed by atoms with van der Waals surface area (Å²) >= 11 is 8.89. The Morgan fingerprint density at radius 2 is 1.82 bits per heavy atom. The average Bonchev–Trinajstić information content (AvgIpc) is 3.69. The van der Waals surface area contributed by atoms with Gasteiger partial charge < -0.3 is 19.3 Å². The van der Waals surface area contributed by atoms with E-state index in [1.165, 1.54) is 0 Å². The Kier molecular flexibility index (Phi) is 9.91. The summed E-state index contributed by atoms with van der Waals surface area (Å²) < 4.78 is 12.3. The highest BCUT2D eigenvalue weighted by molar-refractivity contribution is 7.98. The molecule has 0 atom stereocenters. The molecule has 1 N–H and O–H groups in total. The number of hydrogen-bond donors (Lipinski definition) is 1. The van der Waals surface area contributed by atoms with Crippen molar-refractivity contribution in [2.24, 2.45) is 14.1 Å². The van der Waals surface area contributed by atoms with Gasteiger partial charge in [-0.1, -0.05) is 41.9 Å². The van der Waals surface area contributed by atoms with Crippen LogP contribution in [0.5, 0.6) is 5.75 Å². The van der Waals surface area contributed by atoms with Gasteiger partial charge in [-0.2, -0.15) is 10.2 Å². The molecule has 12 heteroatoms. The fourth-order valence-corrected chi connectivity index (χ4v) is 8.60. The summed E-state index contributed by atoms with van der Waals surface area (Å²) in [6.45, 7) is 5.20. The van der Waals surface area contributed by atoms with Crippen LogP contribution in [-0.4, -0.2) is 79.3 Å². The van der Waals surface area contributed by atoms with E-state index in [4.69, 9.17) is 26.5 Å². The lowest BCUT2D eigenvalue weighted by atomic mass is 9.97. The lowest BCUT2D eigenvalue weighted by Crippen LogP contribution is -2.24. The van der Waals surface area contributed by atoms with Gasteiger partial charge in [0.05, 0.1) is 40.8 Å². The van der Waals surface area contributed by atoms with Crippen LogP contribution in [0.3, 0.4) is 0 Å². The SMILES string of the molecule is Cc1nn(CCN(C)C)c2c1-c1c(Cl)ccc3c(c(C(=O)O)n(C)c13)CCCOc1cc(cc3ccccc13)SCc1cc(nn1C)CN(C)C2. The Bertz CT molecular complexity index is 2270. The molecule has 3 aromatic carbocycles. The quantitative estimate of drug-likeness (QED) is 0.201. The zero-order valence-corrected chi connectivity index (χ0v) is 31.6. The zero-order valence-electron chi connectivity index (χ0n) is 30.0. The summed E-state index contributed by atoms with van der Waals surface area (Å²) in [6, 6.07) is 18.7. The molecule has 3 aromatic heterocycles. The smallest absolute Gasteiger partial charge is 0.352 e. The number of aryl methyl sites for hydroxylation is 4. The van der Waals surface area contributed by atoms with Gasteiger partial charge in [-0.25, -0.2) is 4.79 Å². The van der Waals surface area contributed by atoms with Crippen LogP contribution in [0, 0.1) is 6.92 Å². The molecule has 0 unspecified atom stereocenters. The summed E-state index contributed by atoms with van der Waals surface area (Å²) in [5.41, 5.74) is 7.61. The van der Waals surface area contributed by atoms with Crippen molar-refractivity contribution in [3.05, 3.63) is 93.7 Å². The molecule has 0 radical (unpaired) electrons. The van der Waals surface area contributed by atoms with Crippen LogP contribution < -0.4 is 4.74 Å². The van der Waals surface area contributed by atoms with E-state index < -0.39 is 5.97 Å². The highest BCUT2D eigenvalue weighted by Gasteiger charge is 2.28. The number of carboxylic acids is 1. The standard InChI is InChI=1S/C39H44ClN7O3S/c1-24-35-33(47(41-24)16-15-43(2)3)22-44(4)21-26-19-27(46(6)42-26)23-51-28-18-25-10-7-8-11-29(25)34(20-28)50-17-9-12-30-31-13-14-32(40)36(35)37(31)45(5)38(30)39(48)49/h7-8,10-11,13-14,18-20H,9,12,15-17,21-23H2,1-6H3,(H,48,49). The van der Waals surface area contributed by atoms with Gasteiger partial charge in [0.1, 0.15) is 11.4 Å². The number of hydrogen-bond acceptors (Lipinski definition) is 7. The lowest BCUT2D eigenvalue weighted by Gasteiger charge is -2.20. The predicted molar refractivity (Wildman–Crippen MR) is 205 cm³/mol. The summed E-state index contributed by atoms with van der Waals surface area (Å²) in [4.78, 5) is 18.4. The van der Waals surface area contributed by atoms with Crippen LogP contribution in [0.4, 0.5) is 0 Å². The Balaban J connectivity index is 1.39. The number of fused-ring (bicyclic) bond motifs is 8. The molecule has 266 valence electrons. The second-order valence-corrected chi connectivity index (χ2v) is 15.2. The topological polar surface area (TPSA) is 93.6 Å². The minimum Gasteiger partial charge on any atom is -0.493 e. The summed E-state index contributed by atoms with van der Waals surface area (Å²) in [5.74, 6) is 0.626. The van der Waals surface area contributed by atoms with Crippen molar-refractivity contribution in [1.82, 2.24) is 33.9 Å². The second kappa shape index (κ2) is 14.4. The van der Waals surface area contributed by atoms with E-state index in [0.29, 0.717) is 44.1 Å². The second-order valence-electron chi connectivity index (χ2n) is 13.7. The molecular weight excluding hydrogens is 682 g/mol. The lowest BCUT2D eigenvalue weighted by molar-refractivity contribution is 0.0685.